The van der Waals surface area contributed by atoms with Gasteiger partial charge < -0.3 is 20.3 Å². The zero-order valence-electron chi connectivity index (χ0n) is 12.2. The molecule has 5 N–H and O–H groups in total. The summed E-state index contributed by atoms with van der Waals surface area (Å²) >= 11 is 4.80. The molecule has 3 heterocycles. The molecule has 1 aromatic rings. The molecule has 3 atom stereocenters. The van der Waals surface area contributed by atoms with Gasteiger partial charge in [-0.3, -0.25) is 24.5 Å². The van der Waals surface area contributed by atoms with E-state index in [2.05, 4.69) is 15.6 Å². The maximum absolute atomic E-state index is 12.0. The van der Waals surface area contributed by atoms with Gasteiger partial charge in [0.2, 0.25) is 0 Å². The van der Waals surface area contributed by atoms with Crippen molar-refractivity contribution in [3.8, 4) is 0 Å². The molecule has 0 bridgehead atoms. The Morgan fingerprint density at radius 1 is 1.38 bits per heavy atom. The van der Waals surface area contributed by atoms with Gasteiger partial charge in [-0.2, -0.15) is 0 Å². The van der Waals surface area contributed by atoms with E-state index in [4.69, 9.17) is 22.1 Å². The van der Waals surface area contributed by atoms with E-state index in [-0.39, 0.29) is 22.8 Å². The lowest BCUT2D eigenvalue weighted by molar-refractivity contribution is -0.115. The molecule has 10 nitrogen and oxygen atoms in total. The van der Waals surface area contributed by atoms with Crippen molar-refractivity contribution in [3.63, 3.8) is 0 Å². The Bertz CT molecular complexity index is 844. The van der Waals surface area contributed by atoms with Crippen LogP contribution in [0, 0.1) is 0 Å². The number of aliphatic hydroxyl groups is 2. The largest absolute Gasteiger partial charge is 0.394 e. The molecule has 128 valence electrons. The molecule has 0 aromatic carbocycles. The summed E-state index contributed by atoms with van der Waals surface area (Å²) in [4.78, 5) is 37.7. The van der Waals surface area contributed by atoms with Crippen LogP contribution < -0.4 is 21.9 Å². The third kappa shape index (κ3) is 3.01. The summed E-state index contributed by atoms with van der Waals surface area (Å²) in [7, 11) is 0. The zero-order chi connectivity index (χ0) is 17.4. The third-order valence-electron chi connectivity index (χ3n) is 3.71. The number of ether oxygens (including phenoxy) is 1. The molecule has 0 unspecified atom stereocenters. The van der Waals surface area contributed by atoms with Crippen molar-refractivity contribution in [2.24, 2.45) is 0 Å². The second-order valence-corrected chi connectivity index (χ2v) is 5.74. The highest BCUT2D eigenvalue weighted by Gasteiger charge is 2.35. The molecule has 0 saturated carbocycles. The number of carbonyl (C=O) groups is 1. The van der Waals surface area contributed by atoms with Crippen molar-refractivity contribution in [1.82, 2.24) is 20.2 Å². The van der Waals surface area contributed by atoms with E-state index < -0.39 is 42.2 Å². The number of nitrogens with one attached hydrogen (secondary N) is 3. The summed E-state index contributed by atoms with van der Waals surface area (Å²) in [5.41, 5.74) is -1.32. The molecule has 2 fully saturated rings. The average molecular weight is 354 g/mol. The van der Waals surface area contributed by atoms with Crippen LogP contribution in [0.15, 0.2) is 21.5 Å². The fourth-order valence-electron chi connectivity index (χ4n) is 2.51. The molecule has 0 radical (unpaired) electrons. The lowest BCUT2D eigenvalue weighted by Crippen LogP contribution is -2.33. The van der Waals surface area contributed by atoms with Crippen molar-refractivity contribution >= 4 is 29.3 Å². The molecule has 1 amide bonds. The first-order valence-electron chi connectivity index (χ1n) is 7.03. The van der Waals surface area contributed by atoms with Gasteiger partial charge in [-0.1, -0.05) is 0 Å². The van der Waals surface area contributed by atoms with Crippen molar-refractivity contribution in [2.45, 2.75) is 24.9 Å². The summed E-state index contributed by atoms with van der Waals surface area (Å²) in [5, 5.41) is 23.9. The Morgan fingerprint density at radius 2 is 2.12 bits per heavy atom. The first kappa shape index (κ1) is 16.5. The second kappa shape index (κ2) is 6.28. The average Bonchev–Trinajstić information content (AvgIpc) is 3.04. The lowest BCUT2D eigenvalue weighted by Gasteiger charge is -2.14. The van der Waals surface area contributed by atoms with Gasteiger partial charge in [0, 0.05) is 12.6 Å². The fourth-order valence-corrected chi connectivity index (χ4v) is 2.71. The molecule has 2 aliphatic heterocycles. The number of carbonyl (C=O) groups excluding carboxylic acids is 1. The van der Waals surface area contributed by atoms with Crippen molar-refractivity contribution in [3.05, 3.63) is 38.3 Å². The molecule has 0 spiro atoms. The van der Waals surface area contributed by atoms with E-state index in [0.29, 0.717) is 0 Å². The van der Waals surface area contributed by atoms with Crippen LogP contribution in [-0.4, -0.2) is 49.6 Å². The SMILES string of the molecule is O=C1NC(=S)N/C1=C\c1cn([C@@H]2C[C@H](O)[C@@H](CO)O2)c(=O)[nH]c1=O. The van der Waals surface area contributed by atoms with Crippen LogP contribution in [0.25, 0.3) is 6.08 Å². The number of aromatic nitrogens is 2. The summed E-state index contributed by atoms with van der Waals surface area (Å²) < 4.78 is 6.49. The highest BCUT2D eigenvalue weighted by Crippen LogP contribution is 2.27. The summed E-state index contributed by atoms with van der Waals surface area (Å²) in [6.45, 7) is -0.395. The van der Waals surface area contributed by atoms with Gasteiger partial charge in [0.15, 0.2) is 5.11 Å². The quantitative estimate of drug-likeness (QED) is 0.296. The Kier molecular flexibility index (Phi) is 4.32. The van der Waals surface area contributed by atoms with E-state index in [1.165, 1.54) is 12.3 Å². The van der Waals surface area contributed by atoms with Gasteiger partial charge >= 0.3 is 5.69 Å². The number of rotatable bonds is 3. The molecule has 1 aromatic heterocycles. The number of hydrogen-bond acceptors (Lipinski definition) is 7. The molecule has 11 heteroatoms. The van der Waals surface area contributed by atoms with Crippen LogP contribution in [0.2, 0.25) is 0 Å². The normalized spacial score (nSPS) is 28.2. The summed E-state index contributed by atoms with van der Waals surface area (Å²) in [6, 6.07) is 0. The van der Waals surface area contributed by atoms with Crippen LogP contribution >= 0.6 is 12.2 Å². The van der Waals surface area contributed by atoms with Crippen LogP contribution in [0.3, 0.4) is 0 Å². The monoisotopic (exact) mass is 354 g/mol. The Labute approximate surface area is 139 Å². The van der Waals surface area contributed by atoms with Gasteiger partial charge in [-0.25, -0.2) is 4.79 Å². The zero-order valence-corrected chi connectivity index (χ0v) is 13.0. The van der Waals surface area contributed by atoms with E-state index >= 15 is 0 Å². The summed E-state index contributed by atoms with van der Waals surface area (Å²) in [6.07, 6.45) is -0.0312. The minimum atomic E-state index is -0.930. The number of aromatic amines is 1. The minimum Gasteiger partial charge on any atom is -0.394 e. The highest BCUT2D eigenvalue weighted by atomic mass is 32.1. The van der Waals surface area contributed by atoms with Crippen LogP contribution in [0.4, 0.5) is 0 Å². The van der Waals surface area contributed by atoms with E-state index in [1.54, 1.807) is 0 Å². The maximum Gasteiger partial charge on any atom is 0.330 e. The van der Waals surface area contributed by atoms with Gasteiger partial charge in [0.05, 0.1) is 18.3 Å². The van der Waals surface area contributed by atoms with Crippen molar-refractivity contribution in [1.29, 1.82) is 0 Å². The molecule has 0 aliphatic carbocycles. The van der Waals surface area contributed by atoms with Crippen molar-refractivity contribution < 1.29 is 19.7 Å². The van der Waals surface area contributed by atoms with Crippen LogP contribution in [0.1, 0.15) is 18.2 Å². The van der Waals surface area contributed by atoms with Crippen LogP contribution in [0.5, 0.6) is 0 Å². The molecule has 3 rings (SSSR count). The Balaban J connectivity index is 1.97. The van der Waals surface area contributed by atoms with Gasteiger partial charge in [0.25, 0.3) is 11.5 Å². The van der Waals surface area contributed by atoms with Gasteiger partial charge in [-0.05, 0) is 18.3 Å². The lowest BCUT2D eigenvalue weighted by atomic mass is 10.2. The Hall–Kier alpha value is -2.34. The number of thiocarbonyl (C=S) groups is 1. The second-order valence-electron chi connectivity index (χ2n) is 5.33. The summed E-state index contributed by atoms with van der Waals surface area (Å²) in [5.74, 6) is -0.495. The standard InChI is InChI=1S/C13H14N4O6S/c18-4-8-7(19)2-9(23-8)17-3-5(10(20)16-13(17)22)1-6-11(21)15-12(24)14-6/h1,3,7-9,18-19H,2,4H2,(H,16,20,22)(H2,14,15,21,24)/b6-1-/t7-,8+,9-/m0/s1. The Morgan fingerprint density at radius 3 is 2.71 bits per heavy atom. The number of amides is 1. The number of H-pyrrole nitrogens is 1. The number of nitrogens with zero attached hydrogens (tertiary/aromatic N) is 1. The van der Waals surface area contributed by atoms with Gasteiger partial charge in [0.1, 0.15) is 18.0 Å². The maximum atomic E-state index is 12.0. The first-order valence-corrected chi connectivity index (χ1v) is 7.43. The van der Waals surface area contributed by atoms with E-state index in [1.807, 2.05) is 0 Å². The predicted molar refractivity (Wildman–Crippen MR) is 84.8 cm³/mol. The third-order valence-corrected chi connectivity index (χ3v) is 3.91. The van der Waals surface area contributed by atoms with Gasteiger partial charge in [-0.15, -0.1) is 0 Å². The molecular formula is C13H14N4O6S. The molecule has 24 heavy (non-hydrogen) atoms. The molecule has 2 saturated heterocycles. The minimum absolute atomic E-state index is 0.0301. The van der Waals surface area contributed by atoms with E-state index in [9.17, 15) is 19.5 Å². The first-order chi connectivity index (χ1) is 11.4. The predicted octanol–water partition coefficient (Wildman–Crippen LogP) is -2.48. The van der Waals surface area contributed by atoms with Crippen LogP contribution in [-0.2, 0) is 9.53 Å². The van der Waals surface area contributed by atoms with E-state index in [0.717, 1.165) is 4.57 Å². The highest BCUT2D eigenvalue weighted by molar-refractivity contribution is 7.80. The fraction of sp³-hybridized carbons (Fsp3) is 0.385. The number of aliphatic hydroxyl groups excluding tert-OH is 2. The topological polar surface area (TPSA) is 146 Å². The molecular weight excluding hydrogens is 340 g/mol. The molecule has 2 aliphatic rings. The van der Waals surface area contributed by atoms with Crippen molar-refractivity contribution in [2.75, 3.05) is 6.61 Å². The smallest absolute Gasteiger partial charge is 0.330 e. The number of hydrogen-bond donors (Lipinski definition) is 5.